The van der Waals surface area contributed by atoms with Gasteiger partial charge in [-0.15, -0.1) is 0 Å². The van der Waals surface area contributed by atoms with E-state index in [1.807, 2.05) is 55.5 Å². The van der Waals surface area contributed by atoms with Crippen molar-refractivity contribution >= 4 is 27.8 Å². The van der Waals surface area contributed by atoms with Gasteiger partial charge in [0.1, 0.15) is 11.7 Å². The summed E-state index contributed by atoms with van der Waals surface area (Å²) in [7, 11) is -3.92. The maximum absolute atomic E-state index is 12.7. The molecule has 0 saturated carbocycles. The topological polar surface area (TPSA) is 132 Å². The van der Waals surface area contributed by atoms with Gasteiger partial charge >= 0.3 is 5.97 Å². The van der Waals surface area contributed by atoms with Gasteiger partial charge in [0.05, 0.1) is 0 Å². The highest BCUT2D eigenvalue weighted by Crippen LogP contribution is 2.19. The van der Waals surface area contributed by atoms with Gasteiger partial charge in [0.25, 0.3) is 16.1 Å². The van der Waals surface area contributed by atoms with Crippen LogP contribution < -0.4 is 14.9 Å². The number of benzene rings is 2. The summed E-state index contributed by atoms with van der Waals surface area (Å²) in [5.74, 6) is 4.35. The molecule has 1 fully saturated rings. The van der Waals surface area contributed by atoms with Crippen molar-refractivity contribution in [2.75, 3.05) is 31.1 Å². The van der Waals surface area contributed by atoms with E-state index >= 15 is 0 Å². The van der Waals surface area contributed by atoms with Crippen LogP contribution in [0, 0.1) is 24.7 Å². The van der Waals surface area contributed by atoms with Crippen LogP contribution in [-0.4, -0.2) is 66.9 Å². The zero-order valence-corrected chi connectivity index (χ0v) is 24.7. The van der Waals surface area contributed by atoms with Crippen molar-refractivity contribution in [3.05, 3.63) is 94.8 Å². The van der Waals surface area contributed by atoms with Crippen molar-refractivity contribution in [2.24, 2.45) is 5.92 Å². The molecule has 1 aliphatic rings. The van der Waals surface area contributed by atoms with Crippen LogP contribution in [0.4, 0.5) is 5.69 Å². The van der Waals surface area contributed by atoms with Crippen LogP contribution in [0.25, 0.3) is 0 Å². The summed E-state index contributed by atoms with van der Waals surface area (Å²) >= 11 is 0. The molecule has 11 heteroatoms. The fourth-order valence-corrected chi connectivity index (χ4v) is 6.01. The summed E-state index contributed by atoms with van der Waals surface area (Å²) in [6.45, 7) is 7.16. The highest BCUT2D eigenvalue weighted by Gasteiger charge is 2.32. The van der Waals surface area contributed by atoms with Crippen LogP contribution >= 0.6 is 0 Å². The lowest BCUT2D eigenvalue weighted by Crippen LogP contribution is -2.55. The SMILES string of the molecule is Cc1cccc(CNC(=O)c2cc(C#Cc3ccc(N4CCN(S(=O)(=O)N[C@@H](C(=O)O)C(C)C)CC4)cc3)ccn2)c1. The average Bonchev–Trinajstić information content (AvgIpc) is 2.98. The molecule has 3 N–H and O–H groups in total. The van der Waals surface area contributed by atoms with Crippen molar-refractivity contribution in [3.8, 4) is 11.8 Å². The molecule has 1 atom stereocenters. The second-order valence-corrected chi connectivity index (χ2v) is 12.2. The first-order valence-corrected chi connectivity index (χ1v) is 15.1. The first-order valence-electron chi connectivity index (χ1n) is 13.7. The maximum Gasteiger partial charge on any atom is 0.322 e. The lowest BCUT2D eigenvalue weighted by molar-refractivity contribution is -0.140. The van der Waals surface area contributed by atoms with Crippen LogP contribution in [0.3, 0.4) is 0 Å². The quantitative estimate of drug-likeness (QED) is 0.327. The van der Waals surface area contributed by atoms with Crippen molar-refractivity contribution < 1.29 is 23.1 Å². The highest BCUT2D eigenvalue weighted by atomic mass is 32.2. The summed E-state index contributed by atoms with van der Waals surface area (Å²) in [6, 6.07) is 17.8. The number of nitrogens with zero attached hydrogens (tertiary/aromatic N) is 3. The first kappa shape index (κ1) is 30.7. The summed E-state index contributed by atoms with van der Waals surface area (Å²) in [5.41, 5.74) is 4.84. The van der Waals surface area contributed by atoms with Crippen molar-refractivity contribution in [1.29, 1.82) is 0 Å². The number of aliphatic carboxylic acids is 1. The molecule has 0 bridgehead atoms. The van der Waals surface area contributed by atoms with E-state index in [0.717, 1.165) is 22.4 Å². The molecule has 0 radical (unpaired) electrons. The summed E-state index contributed by atoms with van der Waals surface area (Å²) in [4.78, 5) is 30.3. The number of anilines is 1. The van der Waals surface area contributed by atoms with Gasteiger partial charge in [-0.25, -0.2) is 0 Å². The van der Waals surface area contributed by atoms with E-state index in [-0.39, 0.29) is 24.9 Å². The number of carboxylic acids is 1. The van der Waals surface area contributed by atoms with E-state index in [2.05, 4.69) is 31.8 Å². The Morgan fingerprint density at radius 1 is 0.976 bits per heavy atom. The Kier molecular flexibility index (Phi) is 9.96. The Balaban J connectivity index is 1.32. The minimum Gasteiger partial charge on any atom is -0.480 e. The Hall–Kier alpha value is -4.24. The average molecular weight is 590 g/mol. The van der Waals surface area contributed by atoms with Gasteiger partial charge in [-0.1, -0.05) is 55.5 Å². The molecule has 2 heterocycles. The predicted octanol–water partition coefficient (Wildman–Crippen LogP) is 2.79. The van der Waals surface area contributed by atoms with Crippen LogP contribution in [0.5, 0.6) is 0 Å². The molecule has 10 nitrogen and oxygen atoms in total. The van der Waals surface area contributed by atoms with Gasteiger partial charge in [-0.3, -0.25) is 14.6 Å². The van der Waals surface area contributed by atoms with Crippen LogP contribution in [0.2, 0.25) is 0 Å². The number of rotatable bonds is 9. The van der Waals surface area contributed by atoms with Gasteiger partial charge in [-0.2, -0.15) is 17.4 Å². The Labute approximate surface area is 247 Å². The van der Waals surface area contributed by atoms with Gasteiger partial charge < -0.3 is 15.3 Å². The number of hydrogen-bond donors (Lipinski definition) is 3. The van der Waals surface area contributed by atoms with E-state index in [0.29, 0.717) is 30.9 Å². The molecule has 1 amide bonds. The maximum atomic E-state index is 12.7. The molecule has 2 aromatic carbocycles. The highest BCUT2D eigenvalue weighted by molar-refractivity contribution is 7.87. The number of carbonyl (C=O) groups excluding carboxylic acids is 1. The Bertz CT molecular complexity index is 1590. The van der Waals surface area contributed by atoms with Gasteiger partial charge in [0.2, 0.25) is 0 Å². The van der Waals surface area contributed by atoms with Crippen LogP contribution in [0.15, 0.2) is 66.9 Å². The second-order valence-electron chi connectivity index (χ2n) is 10.5. The second kappa shape index (κ2) is 13.6. The molecular formula is C31H35N5O5S. The van der Waals surface area contributed by atoms with Crippen LogP contribution in [-0.2, 0) is 21.5 Å². The third-order valence-corrected chi connectivity index (χ3v) is 8.50. The van der Waals surface area contributed by atoms with Crippen LogP contribution in [0.1, 0.15) is 46.6 Å². The van der Waals surface area contributed by atoms with E-state index in [9.17, 15) is 23.1 Å². The van der Waals surface area contributed by atoms with E-state index in [1.54, 1.807) is 32.2 Å². The number of pyridine rings is 1. The third kappa shape index (κ3) is 8.16. The molecule has 220 valence electrons. The summed E-state index contributed by atoms with van der Waals surface area (Å²) in [6.07, 6.45) is 1.56. The van der Waals surface area contributed by atoms with Gasteiger partial charge in [-0.05, 0) is 54.8 Å². The number of hydrogen-bond acceptors (Lipinski definition) is 6. The molecule has 1 aromatic heterocycles. The molecule has 4 rings (SSSR count). The molecule has 1 saturated heterocycles. The van der Waals surface area contributed by atoms with Gasteiger partial charge in [0.15, 0.2) is 0 Å². The number of piperazine rings is 1. The third-order valence-electron chi connectivity index (χ3n) is 6.90. The molecule has 0 spiro atoms. The Morgan fingerprint density at radius 2 is 1.67 bits per heavy atom. The lowest BCUT2D eigenvalue weighted by Gasteiger charge is -2.36. The summed E-state index contributed by atoms with van der Waals surface area (Å²) in [5, 5.41) is 12.2. The fourth-order valence-electron chi connectivity index (χ4n) is 4.52. The number of carbonyl (C=O) groups is 2. The molecule has 0 unspecified atom stereocenters. The standard InChI is InChI=1S/C31H35N5O5S/c1-22(2)29(31(38)39)34-42(40,41)36-17-15-35(16-18-36)27-11-9-24(10-12-27)7-8-25-13-14-32-28(20-25)30(37)33-21-26-6-4-5-23(3)19-26/h4-6,9-14,19-20,22,29,34H,15-18,21H2,1-3H3,(H,33,37)(H,38,39)/t29-/m1/s1. The summed E-state index contributed by atoms with van der Waals surface area (Å²) < 4.78 is 29.1. The van der Waals surface area contributed by atoms with Gasteiger partial charge in [0, 0.05) is 55.7 Å². The monoisotopic (exact) mass is 589 g/mol. The van der Waals surface area contributed by atoms with E-state index in [4.69, 9.17) is 0 Å². The van der Waals surface area contributed by atoms with Crippen molar-refractivity contribution in [1.82, 2.24) is 19.3 Å². The zero-order valence-electron chi connectivity index (χ0n) is 23.9. The predicted molar refractivity (Wildman–Crippen MR) is 161 cm³/mol. The molecule has 1 aliphatic heterocycles. The first-order chi connectivity index (χ1) is 20.0. The number of aryl methyl sites for hydroxylation is 1. The van der Waals surface area contributed by atoms with Crippen molar-refractivity contribution in [3.63, 3.8) is 0 Å². The van der Waals surface area contributed by atoms with E-state index in [1.165, 1.54) is 4.31 Å². The molecular weight excluding hydrogens is 554 g/mol. The lowest BCUT2D eigenvalue weighted by atomic mass is 10.1. The fraction of sp³-hybridized carbons (Fsp3) is 0.323. The molecule has 3 aromatic rings. The number of aromatic nitrogens is 1. The number of nitrogens with one attached hydrogen (secondary N) is 2. The normalized spacial score (nSPS) is 14.6. The van der Waals surface area contributed by atoms with E-state index < -0.39 is 22.2 Å². The molecule has 0 aliphatic carbocycles. The number of carboxylic acid groups (broad SMARTS) is 1. The zero-order chi connectivity index (χ0) is 30.3. The smallest absolute Gasteiger partial charge is 0.322 e. The number of amides is 1. The van der Waals surface area contributed by atoms with Crippen molar-refractivity contribution in [2.45, 2.75) is 33.4 Å². The minimum atomic E-state index is -3.92. The largest absolute Gasteiger partial charge is 0.480 e. The minimum absolute atomic E-state index is 0.240. The Morgan fingerprint density at radius 3 is 2.31 bits per heavy atom. The molecule has 42 heavy (non-hydrogen) atoms.